The monoisotopic (exact) mass is 189 g/mol. The fourth-order valence-electron chi connectivity index (χ4n) is 1.31. The van der Waals surface area contributed by atoms with Crippen molar-refractivity contribution in [2.45, 2.75) is 31.9 Å². The summed E-state index contributed by atoms with van der Waals surface area (Å²) in [7, 11) is 0. The smallest absolute Gasteiger partial charge is 0.0570 e. The lowest BCUT2D eigenvalue weighted by Gasteiger charge is -2.35. The van der Waals surface area contributed by atoms with Crippen molar-refractivity contribution in [3.05, 3.63) is 0 Å². The van der Waals surface area contributed by atoms with Crippen molar-refractivity contribution < 1.29 is 15.3 Å². The van der Waals surface area contributed by atoms with Gasteiger partial charge in [-0.05, 0) is 12.8 Å². The van der Waals surface area contributed by atoms with Gasteiger partial charge in [0.25, 0.3) is 0 Å². The van der Waals surface area contributed by atoms with Gasteiger partial charge < -0.3 is 20.6 Å². The summed E-state index contributed by atoms with van der Waals surface area (Å²) >= 11 is 0. The summed E-state index contributed by atoms with van der Waals surface area (Å²) in [6.45, 7) is 2.38. The molecule has 0 bridgehead atoms. The van der Waals surface area contributed by atoms with E-state index in [1.54, 1.807) is 0 Å². The van der Waals surface area contributed by atoms with E-state index in [0.29, 0.717) is 12.6 Å². The molecule has 1 fully saturated rings. The molecule has 0 aromatic carbocycles. The molecule has 0 saturated heterocycles. The third-order valence-corrected chi connectivity index (χ3v) is 2.69. The van der Waals surface area contributed by atoms with Crippen molar-refractivity contribution in [3.63, 3.8) is 0 Å². The van der Waals surface area contributed by atoms with Crippen molar-refractivity contribution in [1.82, 2.24) is 5.32 Å². The van der Waals surface area contributed by atoms with Gasteiger partial charge in [0.2, 0.25) is 0 Å². The second-order valence-corrected chi connectivity index (χ2v) is 4.33. The zero-order chi connectivity index (χ0) is 9.90. The van der Waals surface area contributed by atoms with Crippen LogP contribution in [0, 0.1) is 5.41 Å². The van der Waals surface area contributed by atoms with E-state index < -0.39 is 5.41 Å². The van der Waals surface area contributed by atoms with Gasteiger partial charge in [0.05, 0.1) is 19.3 Å². The predicted octanol–water partition coefficient (Wildman–Crippen LogP) is -0.910. The maximum Gasteiger partial charge on any atom is 0.0570 e. The van der Waals surface area contributed by atoms with Gasteiger partial charge in [-0.1, -0.05) is 6.92 Å². The summed E-state index contributed by atoms with van der Waals surface area (Å²) in [5.74, 6) is 0. The van der Waals surface area contributed by atoms with Crippen LogP contribution < -0.4 is 5.32 Å². The quantitative estimate of drug-likeness (QED) is 0.452. The van der Waals surface area contributed by atoms with Crippen LogP contribution in [0.25, 0.3) is 0 Å². The summed E-state index contributed by atoms with van der Waals surface area (Å²) < 4.78 is 0. The summed E-state index contributed by atoms with van der Waals surface area (Å²) in [6, 6.07) is 0.354. The molecule has 0 atom stereocenters. The molecule has 0 unspecified atom stereocenters. The van der Waals surface area contributed by atoms with Crippen LogP contribution in [-0.4, -0.2) is 47.2 Å². The molecule has 0 aromatic heterocycles. The van der Waals surface area contributed by atoms with E-state index in [4.69, 9.17) is 15.3 Å². The van der Waals surface area contributed by atoms with Crippen molar-refractivity contribution in [3.8, 4) is 0 Å². The lowest BCUT2D eigenvalue weighted by atomic mass is 9.87. The Bertz CT molecular complexity index is 153. The summed E-state index contributed by atoms with van der Waals surface area (Å²) in [5, 5.41) is 30.2. The van der Waals surface area contributed by atoms with Crippen molar-refractivity contribution in [1.29, 1.82) is 0 Å². The molecule has 0 radical (unpaired) electrons. The number of aliphatic hydroxyl groups excluding tert-OH is 3. The number of hydrogen-bond acceptors (Lipinski definition) is 4. The van der Waals surface area contributed by atoms with Crippen LogP contribution in [0.5, 0.6) is 0 Å². The Morgan fingerprint density at radius 2 is 1.85 bits per heavy atom. The van der Waals surface area contributed by atoms with Gasteiger partial charge in [0.1, 0.15) is 0 Å². The Labute approximate surface area is 78.6 Å². The van der Waals surface area contributed by atoms with E-state index in [-0.39, 0.29) is 19.3 Å². The average Bonchev–Trinajstić information content (AvgIpc) is 2.10. The fourth-order valence-corrected chi connectivity index (χ4v) is 1.31. The molecule has 13 heavy (non-hydrogen) atoms. The van der Waals surface area contributed by atoms with Gasteiger partial charge in [-0.15, -0.1) is 0 Å². The molecule has 1 aliphatic rings. The highest BCUT2D eigenvalue weighted by Crippen LogP contribution is 2.21. The molecule has 0 spiro atoms. The number of aliphatic hydroxyl groups is 3. The largest absolute Gasteiger partial charge is 0.396 e. The molecule has 0 aromatic rings. The molecule has 4 heteroatoms. The Kier molecular flexibility index (Phi) is 3.67. The van der Waals surface area contributed by atoms with Crippen LogP contribution in [0.2, 0.25) is 0 Å². The second kappa shape index (κ2) is 4.37. The molecule has 4 N–H and O–H groups in total. The molecule has 1 rings (SSSR count). The number of nitrogens with one attached hydrogen (secondary N) is 1. The van der Waals surface area contributed by atoms with Gasteiger partial charge >= 0.3 is 0 Å². The van der Waals surface area contributed by atoms with Crippen LogP contribution in [0.1, 0.15) is 19.8 Å². The van der Waals surface area contributed by atoms with Crippen LogP contribution >= 0.6 is 0 Å². The van der Waals surface area contributed by atoms with Gasteiger partial charge in [-0.2, -0.15) is 0 Å². The van der Waals surface area contributed by atoms with Crippen LogP contribution in [0.3, 0.4) is 0 Å². The molecule has 0 amide bonds. The predicted molar refractivity (Wildman–Crippen MR) is 49.3 cm³/mol. The van der Waals surface area contributed by atoms with Gasteiger partial charge in [0.15, 0.2) is 0 Å². The average molecular weight is 189 g/mol. The first kappa shape index (κ1) is 10.9. The van der Waals surface area contributed by atoms with E-state index in [2.05, 4.69) is 5.32 Å². The lowest BCUT2D eigenvalue weighted by Crippen LogP contribution is -2.49. The van der Waals surface area contributed by atoms with Crippen molar-refractivity contribution >= 4 is 0 Å². The third kappa shape index (κ3) is 2.91. The number of rotatable bonds is 5. The van der Waals surface area contributed by atoms with Crippen molar-refractivity contribution in [2.75, 3.05) is 19.8 Å². The molecule has 0 aliphatic heterocycles. The Balaban J connectivity index is 2.17. The molecule has 1 aliphatic carbocycles. The van der Waals surface area contributed by atoms with E-state index in [1.807, 2.05) is 6.92 Å². The van der Waals surface area contributed by atoms with Gasteiger partial charge in [0, 0.05) is 18.0 Å². The van der Waals surface area contributed by atoms with Crippen LogP contribution in [-0.2, 0) is 0 Å². The molecule has 1 saturated carbocycles. The molecular weight excluding hydrogens is 170 g/mol. The zero-order valence-electron chi connectivity index (χ0n) is 8.03. The minimum Gasteiger partial charge on any atom is -0.396 e. The molecule has 0 heterocycles. The highest BCUT2D eigenvalue weighted by molar-refractivity contribution is 4.87. The molecular formula is C9H19NO3. The van der Waals surface area contributed by atoms with Crippen molar-refractivity contribution in [2.24, 2.45) is 5.41 Å². The minimum absolute atomic E-state index is 0.0221. The fraction of sp³-hybridized carbons (Fsp3) is 1.00. The normalized spacial score (nSPS) is 28.6. The minimum atomic E-state index is -0.444. The van der Waals surface area contributed by atoms with E-state index in [9.17, 15) is 0 Å². The number of hydrogen-bond donors (Lipinski definition) is 4. The Morgan fingerprint density at radius 3 is 2.23 bits per heavy atom. The van der Waals surface area contributed by atoms with E-state index >= 15 is 0 Å². The highest BCUT2D eigenvalue weighted by atomic mass is 16.3. The maximum absolute atomic E-state index is 9.02. The maximum atomic E-state index is 9.02. The van der Waals surface area contributed by atoms with E-state index in [0.717, 1.165) is 12.8 Å². The standard InChI is InChI=1S/C9H19NO3/c1-9(5-11,6-12)4-10-7-2-8(13)3-7/h7-8,10-13H,2-6H2,1H3. The Morgan fingerprint density at radius 1 is 1.31 bits per heavy atom. The topological polar surface area (TPSA) is 72.7 Å². The lowest BCUT2D eigenvalue weighted by molar-refractivity contribution is 0.0365. The first-order chi connectivity index (χ1) is 6.09. The summed E-state index contributed by atoms with van der Waals surface area (Å²) in [6.07, 6.45) is 1.41. The van der Waals surface area contributed by atoms with Crippen LogP contribution in [0.15, 0.2) is 0 Å². The van der Waals surface area contributed by atoms with Gasteiger partial charge in [-0.25, -0.2) is 0 Å². The first-order valence-electron chi connectivity index (χ1n) is 4.73. The SMILES string of the molecule is CC(CO)(CO)CNC1CC(O)C1. The summed E-state index contributed by atoms with van der Waals surface area (Å²) in [4.78, 5) is 0. The highest BCUT2D eigenvalue weighted by Gasteiger charge is 2.29. The molecule has 78 valence electrons. The first-order valence-corrected chi connectivity index (χ1v) is 4.73. The zero-order valence-corrected chi connectivity index (χ0v) is 8.03. The van der Waals surface area contributed by atoms with Gasteiger partial charge in [-0.3, -0.25) is 0 Å². The third-order valence-electron chi connectivity index (χ3n) is 2.69. The van der Waals surface area contributed by atoms with E-state index in [1.165, 1.54) is 0 Å². The summed E-state index contributed by atoms with van der Waals surface area (Å²) in [5.41, 5.74) is -0.444. The second-order valence-electron chi connectivity index (χ2n) is 4.33. The molecule has 4 nitrogen and oxygen atoms in total. The van der Waals surface area contributed by atoms with Crippen LogP contribution in [0.4, 0.5) is 0 Å². The Hall–Kier alpha value is -0.160.